The van der Waals surface area contributed by atoms with Gasteiger partial charge < -0.3 is 15.5 Å². The lowest BCUT2D eigenvalue weighted by Crippen LogP contribution is -2.56. The highest BCUT2D eigenvalue weighted by Gasteiger charge is 2.28. The highest BCUT2D eigenvalue weighted by molar-refractivity contribution is 7.91. The fourth-order valence-electron chi connectivity index (χ4n) is 2.21. The number of hydrogen-bond donors (Lipinski definition) is 2. The van der Waals surface area contributed by atoms with Crippen LogP contribution in [0.1, 0.15) is 6.42 Å². The Balaban J connectivity index is 1.95. The van der Waals surface area contributed by atoms with Crippen molar-refractivity contribution in [3.8, 4) is 0 Å². The molecule has 2 saturated heterocycles. The summed E-state index contributed by atoms with van der Waals surface area (Å²) in [5.41, 5.74) is 0. The van der Waals surface area contributed by atoms with Crippen molar-refractivity contribution >= 4 is 15.7 Å². The number of rotatable bonds is 1. The number of carbonyl (C=O) groups is 1. The van der Waals surface area contributed by atoms with Crippen LogP contribution in [0.4, 0.5) is 0 Å². The van der Waals surface area contributed by atoms with E-state index in [1.54, 1.807) is 4.90 Å². The normalized spacial score (nSPS) is 29.6. The van der Waals surface area contributed by atoms with Crippen LogP contribution in [0.5, 0.6) is 0 Å². The van der Waals surface area contributed by atoms with Crippen molar-refractivity contribution < 1.29 is 13.2 Å². The van der Waals surface area contributed by atoms with Crippen molar-refractivity contribution in [3.05, 3.63) is 0 Å². The standard InChI is InChI=1S/C10H19N3O3S/c14-10(9-8-11-2-3-12-9)13-4-1-6-17(15,16)7-5-13/h9,11-12H,1-8H2. The van der Waals surface area contributed by atoms with E-state index in [4.69, 9.17) is 0 Å². The van der Waals surface area contributed by atoms with Gasteiger partial charge in [0.2, 0.25) is 5.91 Å². The molecule has 7 heteroatoms. The molecule has 0 aromatic rings. The van der Waals surface area contributed by atoms with E-state index in [1.807, 2.05) is 0 Å². The van der Waals surface area contributed by atoms with E-state index < -0.39 is 9.84 Å². The Morgan fingerprint density at radius 3 is 2.71 bits per heavy atom. The van der Waals surface area contributed by atoms with Crippen LogP contribution in [0.25, 0.3) is 0 Å². The summed E-state index contributed by atoms with van der Waals surface area (Å²) >= 11 is 0. The summed E-state index contributed by atoms with van der Waals surface area (Å²) in [5, 5.41) is 6.31. The molecule has 2 fully saturated rings. The molecule has 2 heterocycles. The minimum atomic E-state index is -2.95. The fourth-order valence-corrected chi connectivity index (χ4v) is 3.48. The Labute approximate surface area is 102 Å². The van der Waals surface area contributed by atoms with E-state index >= 15 is 0 Å². The van der Waals surface area contributed by atoms with E-state index in [0.29, 0.717) is 26.1 Å². The van der Waals surface area contributed by atoms with Crippen molar-refractivity contribution in [3.63, 3.8) is 0 Å². The number of nitrogens with zero attached hydrogens (tertiary/aromatic N) is 1. The second kappa shape index (κ2) is 5.32. The van der Waals surface area contributed by atoms with Crippen LogP contribution in [0.3, 0.4) is 0 Å². The fraction of sp³-hybridized carbons (Fsp3) is 0.900. The molecule has 2 N–H and O–H groups in total. The van der Waals surface area contributed by atoms with Crippen molar-refractivity contribution in [1.29, 1.82) is 0 Å². The van der Waals surface area contributed by atoms with Gasteiger partial charge in [0.05, 0.1) is 17.5 Å². The zero-order valence-electron chi connectivity index (χ0n) is 9.81. The number of carbonyl (C=O) groups excluding carboxylic acids is 1. The quantitative estimate of drug-likeness (QED) is 0.582. The molecular weight excluding hydrogens is 242 g/mol. The molecule has 0 radical (unpaired) electrons. The predicted octanol–water partition coefficient (Wildman–Crippen LogP) is -1.81. The number of piperazine rings is 1. The summed E-state index contributed by atoms with van der Waals surface area (Å²) in [6.07, 6.45) is 0.550. The summed E-state index contributed by atoms with van der Waals surface area (Å²) < 4.78 is 22.9. The van der Waals surface area contributed by atoms with Gasteiger partial charge in [0.25, 0.3) is 0 Å². The zero-order chi connectivity index (χ0) is 12.3. The lowest BCUT2D eigenvalue weighted by atomic mass is 10.2. The molecule has 0 bridgehead atoms. The second-order valence-electron chi connectivity index (χ2n) is 4.54. The van der Waals surface area contributed by atoms with Crippen LogP contribution < -0.4 is 10.6 Å². The Kier molecular flexibility index (Phi) is 4.01. The molecule has 0 spiro atoms. The van der Waals surface area contributed by atoms with Crippen LogP contribution in [0.15, 0.2) is 0 Å². The third-order valence-corrected chi connectivity index (χ3v) is 4.92. The Morgan fingerprint density at radius 2 is 2.00 bits per heavy atom. The van der Waals surface area contributed by atoms with Gasteiger partial charge in [-0.05, 0) is 6.42 Å². The van der Waals surface area contributed by atoms with Crippen LogP contribution in [0.2, 0.25) is 0 Å². The maximum Gasteiger partial charge on any atom is 0.241 e. The van der Waals surface area contributed by atoms with Gasteiger partial charge >= 0.3 is 0 Å². The van der Waals surface area contributed by atoms with E-state index in [9.17, 15) is 13.2 Å². The summed E-state index contributed by atoms with van der Waals surface area (Å²) in [6.45, 7) is 3.17. The third kappa shape index (κ3) is 3.40. The topological polar surface area (TPSA) is 78.5 Å². The molecule has 1 atom stereocenters. The average Bonchev–Trinajstić information content (AvgIpc) is 2.50. The van der Waals surface area contributed by atoms with Crippen LogP contribution in [-0.2, 0) is 14.6 Å². The molecular formula is C10H19N3O3S. The van der Waals surface area contributed by atoms with Gasteiger partial charge in [-0.3, -0.25) is 4.79 Å². The molecule has 1 amide bonds. The van der Waals surface area contributed by atoms with E-state index in [1.165, 1.54) is 0 Å². The van der Waals surface area contributed by atoms with E-state index in [2.05, 4.69) is 10.6 Å². The summed E-state index contributed by atoms with van der Waals surface area (Å²) in [7, 11) is -2.95. The maximum absolute atomic E-state index is 12.1. The Hall–Kier alpha value is -0.660. The van der Waals surface area contributed by atoms with Crippen LogP contribution in [-0.4, -0.2) is 69.5 Å². The van der Waals surface area contributed by atoms with Crippen molar-refractivity contribution in [2.45, 2.75) is 12.5 Å². The molecule has 2 rings (SSSR count). The van der Waals surface area contributed by atoms with Crippen molar-refractivity contribution in [2.75, 3.05) is 44.2 Å². The van der Waals surface area contributed by atoms with Gasteiger partial charge in [-0.15, -0.1) is 0 Å². The highest BCUT2D eigenvalue weighted by Crippen LogP contribution is 2.07. The Morgan fingerprint density at radius 1 is 1.18 bits per heavy atom. The lowest BCUT2D eigenvalue weighted by molar-refractivity contribution is -0.133. The van der Waals surface area contributed by atoms with Gasteiger partial charge in [-0.1, -0.05) is 0 Å². The minimum absolute atomic E-state index is 0.0225. The third-order valence-electron chi connectivity index (χ3n) is 3.21. The number of nitrogens with one attached hydrogen (secondary N) is 2. The average molecular weight is 261 g/mol. The van der Waals surface area contributed by atoms with E-state index in [-0.39, 0.29) is 23.5 Å². The number of amides is 1. The first-order chi connectivity index (χ1) is 8.08. The van der Waals surface area contributed by atoms with Crippen molar-refractivity contribution in [2.24, 2.45) is 0 Å². The molecule has 0 aliphatic carbocycles. The highest BCUT2D eigenvalue weighted by atomic mass is 32.2. The second-order valence-corrected chi connectivity index (χ2v) is 6.85. The van der Waals surface area contributed by atoms with Gasteiger partial charge in [-0.25, -0.2) is 8.42 Å². The van der Waals surface area contributed by atoms with E-state index in [0.717, 1.165) is 13.1 Å². The molecule has 2 aliphatic rings. The van der Waals surface area contributed by atoms with Gasteiger partial charge in [0.15, 0.2) is 9.84 Å². The lowest BCUT2D eigenvalue weighted by Gasteiger charge is -2.29. The summed E-state index contributed by atoms with van der Waals surface area (Å²) in [4.78, 5) is 13.8. The van der Waals surface area contributed by atoms with Crippen molar-refractivity contribution in [1.82, 2.24) is 15.5 Å². The molecule has 2 aliphatic heterocycles. The first kappa shape index (κ1) is 12.8. The van der Waals surface area contributed by atoms with Gasteiger partial charge in [0.1, 0.15) is 0 Å². The predicted molar refractivity (Wildman–Crippen MR) is 64.5 cm³/mol. The first-order valence-corrected chi connectivity index (χ1v) is 7.84. The molecule has 0 saturated carbocycles. The largest absolute Gasteiger partial charge is 0.340 e. The molecule has 0 aromatic carbocycles. The molecule has 98 valence electrons. The summed E-state index contributed by atoms with van der Waals surface area (Å²) in [6, 6.07) is -0.204. The minimum Gasteiger partial charge on any atom is -0.340 e. The smallest absolute Gasteiger partial charge is 0.241 e. The maximum atomic E-state index is 12.1. The van der Waals surface area contributed by atoms with Gasteiger partial charge in [0, 0.05) is 32.7 Å². The first-order valence-electron chi connectivity index (χ1n) is 6.02. The molecule has 1 unspecified atom stereocenters. The zero-order valence-corrected chi connectivity index (χ0v) is 10.6. The Bertz CT molecular complexity index is 376. The van der Waals surface area contributed by atoms with Gasteiger partial charge in [-0.2, -0.15) is 0 Å². The molecule has 17 heavy (non-hydrogen) atoms. The SMILES string of the molecule is O=C(C1CNCCN1)N1CCCS(=O)(=O)CC1. The molecule has 6 nitrogen and oxygen atoms in total. The van der Waals surface area contributed by atoms with Crippen LogP contribution >= 0.6 is 0 Å². The number of sulfone groups is 1. The molecule has 0 aromatic heterocycles. The monoisotopic (exact) mass is 261 g/mol. The number of hydrogen-bond acceptors (Lipinski definition) is 5. The van der Waals surface area contributed by atoms with Crippen LogP contribution in [0, 0.1) is 0 Å². The summed E-state index contributed by atoms with van der Waals surface area (Å²) in [5.74, 6) is 0.320.